The molecule has 0 saturated carbocycles. The fraction of sp³-hybridized carbons (Fsp3) is 0.400. The van der Waals surface area contributed by atoms with E-state index in [-0.39, 0.29) is 0 Å². The lowest BCUT2D eigenvalue weighted by Gasteiger charge is -1.90. The first-order chi connectivity index (χ1) is 5.52. The minimum absolute atomic E-state index is 1.14. The minimum atomic E-state index is 1.14. The van der Waals surface area contributed by atoms with Crippen LogP contribution in [0.5, 0.6) is 0 Å². The quantitative estimate of drug-likeness (QED) is 0.662. The Morgan fingerprint density at radius 1 is 1.00 bits per heavy atom. The molecule has 12 heavy (non-hydrogen) atoms. The molecule has 0 radical (unpaired) electrons. The summed E-state index contributed by atoms with van der Waals surface area (Å²) in [4.78, 5) is 2.00. The van der Waals surface area contributed by atoms with Crippen molar-refractivity contribution in [3.05, 3.63) is 34.3 Å². The van der Waals surface area contributed by atoms with Crippen LogP contribution in [0.15, 0.2) is 28.7 Å². The molecule has 0 aliphatic rings. The summed E-state index contributed by atoms with van der Waals surface area (Å²) in [6, 6.07) is 8.22. The van der Waals surface area contributed by atoms with E-state index in [9.17, 15) is 0 Å². The maximum atomic E-state index is 3.35. The summed E-state index contributed by atoms with van der Waals surface area (Å²) in [7, 11) is 6.00. The van der Waals surface area contributed by atoms with Crippen LogP contribution in [0.1, 0.15) is 5.56 Å². The van der Waals surface area contributed by atoms with Crippen LogP contribution in [-0.4, -0.2) is 26.0 Å². The van der Waals surface area contributed by atoms with Gasteiger partial charge < -0.3 is 4.90 Å². The largest absolute Gasteiger partial charge is 0.312 e. The van der Waals surface area contributed by atoms with Crippen LogP contribution in [0.2, 0.25) is 0 Å². The first-order valence-corrected chi connectivity index (χ1v) is 4.64. The van der Waals surface area contributed by atoms with Gasteiger partial charge in [0.1, 0.15) is 0 Å². The van der Waals surface area contributed by atoms with Crippen molar-refractivity contribution < 1.29 is 0 Å². The van der Waals surface area contributed by atoms with E-state index in [4.69, 9.17) is 0 Å². The molecule has 0 heterocycles. The molecule has 1 nitrogen and oxygen atoms in total. The molecule has 0 amide bonds. The fourth-order valence-corrected chi connectivity index (χ4v) is 0.798. The number of rotatable bonds is 0. The summed E-state index contributed by atoms with van der Waals surface area (Å²) in [5, 5.41) is 0. The Bertz CT molecular complexity index is 180. The molecule has 0 aliphatic carbocycles. The van der Waals surface area contributed by atoms with Gasteiger partial charge in [-0.05, 0) is 40.2 Å². The fourth-order valence-electron chi connectivity index (χ4n) is 0.533. The van der Waals surface area contributed by atoms with E-state index in [1.165, 1.54) is 5.56 Å². The van der Waals surface area contributed by atoms with Crippen LogP contribution in [0, 0.1) is 6.92 Å². The van der Waals surface area contributed by atoms with Gasteiger partial charge in [-0.3, -0.25) is 0 Å². The van der Waals surface area contributed by atoms with E-state index in [0.29, 0.717) is 0 Å². The van der Waals surface area contributed by atoms with E-state index in [1.807, 2.05) is 38.2 Å². The van der Waals surface area contributed by atoms with Crippen LogP contribution < -0.4 is 0 Å². The zero-order valence-corrected chi connectivity index (χ0v) is 9.72. The molecule has 0 N–H and O–H groups in total. The van der Waals surface area contributed by atoms with Crippen molar-refractivity contribution in [2.45, 2.75) is 6.92 Å². The van der Waals surface area contributed by atoms with Gasteiger partial charge in [0, 0.05) is 4.47 Å². The van der Waals surface area contributed by atoms with Crippen LogP contribution in [0.25, 0.3) is 0 Å². The molecule has 1 aromatic rings. The monoisotopic (exact) mass is 229 g/mol. The highest BCUT2D eigenvalue weighted by atomic mass is 79.9. The summed E-state index contributed by atoms with van der Waals surface area (Å²) in [6.07, 6.45) is 0. The zero-order valence-electron chi connectivity index (χ0n) is 8.13. The molecule has 0 fully saturated rings. The number of hydrogen-bond acceptors (Lipinski definition) is 1. The summed E-state index contributed by atoms with van der Waals surface area (Å²) >= 11 is 3.35. The molecular formula is C10H16BrN. The molecule has 1 rings (SSSR count). The van der Waals surface area contributed by atoms with E-state index < -0.39 is 0 Å². The molecule has 0 saturated heterocycles. The van der Waals surface area contributed by atoms with Crippen molar-refractivity contribution in [2.75, 3.05) is 21.1 Å². The van der Waals surface area contributed by atoms with Gasteiger partial charge >= 0.3 is 0 Å². The molecule has 68 valence electrons. The summed E-state index contributed by atoms with van der Waals surface area (Å²) in [5.74, 6) is 0. The lowest BCUT2D eigenvalue weighted by atomic mass is 10.2. The van der Waals surface area contributed by atoms with Gasteiger partial charge in [-0.15, -0.1) is 0 Å². The normalized spacial score (nSPS) is 9.17. The van der Waals surface area contributed by atoms with Gasteiger partial charge in [-0.1, -0.05) is 33.6 Å². The lowest BCUT2D eigenvalue weighted by Crippen LogP contribution is -1.99. The zero-order chi connectivity index (χ0) is 9.56. The Morgan fingerprint density at radius 2 is 1.33 bits per heavy atom. The van der Waals surface area contributed by atoms with Crippen molar-refractivity contribution in [2.24, 2.45) is 0 Å². The second-order valence-corrected chi connectivity index (χ2v) is 4.05. The van der Waals surface area contributed by atoms with Gasteiger partial charge in [-0.25, -0.2) is 0 Å². The smallest absolute Gasteiger partial charge is 0.0175 e. The first kappa shape index (κ1) is 11.7. The maximum Gasteiger partial charge on any atom is 0.0175 e. The Hall–Kier alpha value is -0.340. The highest BCUT2D eigenvalue weighted by Crippen LogP contribution is 2.08. The summed E-state index contributed by atoms with van der Waals surface area (Å²) < 4.78 is 1.14. The second-order valence-electron chi connectivity index (χ2n) is 3.14. The molecule has 0 unspecified atom stereocenters. The highest BCUT2D eigenvalue weighted by molar-refractivity contribution is 9.10. The molecule has 1 aromatic carbocycles. The highest BCUT2D eigenvalue weighted by Gasteiger charge is 1.81. The molecule has 0 aromatic heterocycles. The first-order valence-electron chi connectivity index (χ1n) is 3.85. The number of benzene rings is 1. The lowest BCUT2D eigenvalue weighted by molar-refractivity contribution is 0.505. The van der Waals surface area contributed by atoms with Crippen LogP contribution in [-0.2, 0) is 0 Å². The number of aryl methyl sites for hydroxylation is 1. The third kappa shape index (κ3) is 7.76. The van der Waals surface area contributed by atoms with Gasteiger partial charge in [0.25, 0.3) is 0 Å². The van der Waals surface area contributed by atoms with Crippen molar-refractivity contribution in [3.63, 3.8) is 0 Å². The van der Waals surface area contributed by atoms with Crippen molar-refractivity contribution >= 4 is 15.9 Å². The van der Waals surface area contributed by atoms with E-state index in [1.54, 1.807) is 0 Å². The molecule has 0 atom stereocenters. The molecular weight excluding hydrogens is 214 g/mol. The molecule has 2 heteroatoms. The summed E-state index contributed by atoms with van der Waals surface area (Å²) in [6.45, 7) is 2.08. The third-order valence-electron chi connectivity index (χ3n) is 1.01. The molecule has 0 spiro atoms. The third-order valence-corrected chi connectivity index (χ3v) is 1.54. The molecule has 0 aliphatic heterocycles. The van der Waals surface area contributed by atoms with Gasteiger partial charge in [0.15, 0.2) is 0 Å². The Morgan fingerprint density at radius 3 is 1.58 bits per heavy atom. The van der Waals surface area contributed by atoms with E-state index in [2.05, 4.69) is 35.0 Å². The number of hydrogen-bond donors (Lipinski definition) is 0. The predicted octanol–water partition coefficient (Wildman–Crippen LogP) is 2.94. The Balaban J connectivity index is 0.000000261. The van der Waals surface area contributed by atoms with Crippen molar-refractivity contribution in [1.29, 1.82) is 0 Å². The van der Waals surface area contributed by atoms with Gasteiger partial charge in [0.2, 0.25) is 0 Å². The van der Waals surface area contributed by atoms with Gasteiger partial charge in [-0.2, -0.15) is 0 Å². The van der Waals surface area contributed by atoms with E-state index in [0.717, 1.165) is 4.47 Å². The van der Waals surface area contributed by atoms with Crippen molar-refractivity contribution in [3.8, 4) is 0 Å². The number of nitrogens with zero attached hydrogens (tertiary/aromatic N) is 1. The summed E-state index contributed by atoms with van der Waals surface area (Å²) in [5.41, 5.74) is 1.30. The Kier molecular flexibility index (Phi) is 6.03. The van der Waals surface area contributed by atoms with Crippen molar-refractivity contribution in [1.82, 2.24) is 4.90 Å². The van der Waals surface area contributed by atoms with Crippen LogP contribution >= 0.6 is 15.9 Å². The number of halogens is 1. The van der Waals surface area contributed by atoms with E-state index >= 15 is 0 Å². The average molecular weight is 230 g/mol. The van der Waals surface area contributed by atoms with Crippen LogP contribution in [0.4, 0.5) is 0 Å². The average Bonchev–Trinajstić information content (AvgIpc) is 1.94. The minimum Gasteiger partial charge on any atom is -0.312 e. The SMILES string of the molecule is CN(C)C.Cc1ccc(Br)cc1. The molecule has 0 bridgehead atoms. The van der Waals surface area contributed by atoms with Crippen LogP contribution in [0.3, 0.4) is 0 Å². The Labute approximate surface area is 83.5 Å². The maximum absolute atomic E-state index is 3.35. The second kappa shape index (κ2) is 6.21. The predicted molar refractivity (Wildman–Crippen MR) is 58.5 cm³/mol. The topological polar surface area (TPSA) is 3.24 Å². The van der Waals surface area contributed by atoms with Gasteiger partial charge in [0.05, 0.1) is 0 Å². The standard InChI is InChI=1S/C7H7Br.C3H9N/c1-6-2-4-7(8)5-3-6;1-4(2)3/h2-5H,1H3;1-3H3.